The number of piperazine rings is 1. The number of rotatable bonds is 6. The Kier molecular flexibility index (Phi) is 6.55. The Morgan fingerprint density at radius 2 is 1.67 bits per heavy atom. The molecule has 0 aliphatic carbocycles. The molecule has 6 heteroatoms. The number of carbonyl (C=O) groups excluding carboxylic acids is 1. The third kappa shape index (κ3) is 4.60. The number of fused-ring (bicyclic) bond motifs is 1. The lowest BCUT2D eigenvalue weighted by Gasteiger charge is -2.34. The highest BCUT2D eigenvalue weighted by atomic mass is 32.2. The molecule has 3 aromatic rings. The molecule has 0 spiro atoms. The van der Waals surface area contributed by atoms with Crippen molar-refractivity contribution in [3.63, 3.8) is 0 Å². The molecule has 0 bridgehead atoms. The lowest BCUT2D eigenvalue weighted by Crippen LogP contribution is -2.48. The number of benzene rings is 2. The zero-order valence-corrected chi connectivity index (χ0v) is 18.1. The van der Waals surface area contributed by atoms with Crippen molar-refractivity contribution in [3.05, 3.63) is 76.6 Å². The van der Waals surface area contributed by atoms with Gasteiger partial charge in [0.1, 0.15) is 0 Å². The molecule has 0 saturated carbocycles. The zero-order valence-electron chi connectivity index (χ0n) is 17.3. The van der Waals surface area contributed by atoms with E-state index >= 15 is 0 Å². The second-order valence-corrected chi connectivity index (χ2v) is 8.56. The molecule has 1 aromatic heterocycles. The highest BCUT2D eigenvalue weighted by Gasteiger charge is 2.21. The number of hydrogen-bond donors (Lipinski definition) is 0. The minimum Gasteiger partial charge on any atom is -0.339 e. The van der Waals surface area contributed by atoms with E-state index in [1.807, 2.05) is 42.2 Å². The van der Waals surface area contributed by atoms with Gasteiger partial charge in [0.05, 0.1) is 11.3 Å². The van der Waals surface area contributed by atoms with Gasteiger partial charge in [-0.25, -0.2) is 0 Å². The molecule has 1 aliphatic heterocycles. The predicted octanol–water partition coefficient (Wildman–Crippen LogP) is 3.46. The number of pyridine rings is 1. The van der Waals surface area contributed by atoms with Crippen molar-refractivity contribution >= 4 is 28.6 Å². The van der Waals surface area contributed by atoms with Crippen LogP contribution in [0.25, 0.3) is 10.9 Å². The number of nitrogens with zero attached hydrogens (tertiary/aromatic N) is 3. The van der Waals surface area contributed by atoms with Gasteiger partial charge in [0.2, 0.25) is 5.91 Å². The van der Waals surface area contributed by atoms with Crippen LogP contribution in [0.1, 0.15) is 12.5 Å². The van der Waals surface area contributed by atoms with Crippen molar-refractivity contribution in [1.82, 2.24) is 14.4 Å². The molecule has 0 N–H and O–H groups in total. The first-order chi connectivity index (χ1) is 14.7. The van der Waals surface area contributed by atoms with Gasteiger partial charge in [-0.3, -0.25) is 14.5 Å². The molecule has 1 fully saturated rings. The number of thioether (sulfide) groups is 1. The number of para-hydroxylation sites is 1. The van der Waals surface area contributed by atoms with Crippen molar-refractivity contribution < 1.29 is 4.79 Å². The molecule has 30 heavy (non-hydrogen) atoms. The van der Waals surface area contributed by atoms with Crippen molar-refractivity contribution in [1.29, 1.82) is 0 Å². The summed E-state index contributed by atoms with van der Waals surface area (Å²) in [6.45, 7) is 6.83. The fourth-order valence-electron chi connectivity index (χ4n) is 3.98. The van der Waals surface area contributed by atoms with E-state index in [9.17, 15) is 9.59 Å². The number of hydrogen-bond acceptors (Lipinski definition) is 4. The minimum absolute atomic E-state index is 0.0133. The quantitative estimate of drug-likeness (QED) is 0.572. The first-order valence-electron chi connectivity index (χ1n) is 10.4. The van der Waals surface area contributed by atoms with E-state index in [0.717, 1.165) is 48.5 Å². The molecule has 2 aromatic carbocycles. The fraction of sp³-hybridized carbons (Fsp3) is 0.333. The molecule has 156 valence electrons. The largest absolute Gasteiger partial charge is 0.339 e. The van der Waals surface area contributed by atoms with E-state index < -0.39 is 0 Å². The average Bonchev–Trinajstić information content (AvgIpc) is 2.78. The summed E-state index contributed by atoms with van der Waals surface area (Å²) < 4.78 is 1.77. The van der Waals surface area contributed by atoms with Gasteiger partial charge in [-0.1, -0.05) is 48.5 Å². The van der Waals surface area contributed by atoms with Crippen LogP contribution in [-0.4, -0.2) is 52.2 Å². The highest BCUT2D eigenvalue weighted by Crippen LogP contribution is 2.26. The standard InChI is InChI=1S/C24H27N3O2S/c1-2-27-21-11-7-6-10-20(21)22(16-23(27)28)30-18-24(29)26-14-12-25(13-15-26)17-19-8-4-3-5-9-19/h3-11,16H,2,12-15,17-18H2,1H3. The van der Waals surface area contributed by atoms with Crippen LogP contribution in [0.4, 0.5) is 0 Å². The maximum Gasteiger partial charge on any atom is 0.252 e. The van der Waals surface area contributed by atoms with Crippen LogP contribution in [0.2, 0.25) is 0 Å². The number of aromatic nitrogens is 1. The lowest BCUT2D eigenvalue weighted by atomic mass is 10.2. The Balaban J connectivity index is 1.36. The van der Waals surface area contributed by atoms with E-state index in [-0.39, 0.29) is 11.5 Å². The molecular weight excluding hydrogens is 394 g/mol. The molecule has 1 saturated heterocycles. The number of carbonyl (C=O) groups is 1. The summed E-state index contributed by atoms with van der Waals surface area (Å²) in [7, 11) is 0. The first kappa shape index (κ1) is 20.7. The molecule has 4 rings (SSSR count). The molecule has 0 atom stereocenters. The van der Waals surface area contributed by atoms with Crippen molar-refractivity contribution in [2.45, 2.75) is 24.9 Å². The molecule has 2 heterocycles. The molecule has 0 unspecified atom stereocenters. The number of aryl methyl sites for hydroxylation is 1. The van der Waals surface area contributed by atoms with Crippen LogP contribution in [0.5, 0.6) is 0 Å². The summed E-state index contributed by atoms with van der Waals surface area (Å²) in [4.78, 5) is 30.5. The highest BCUT2D eigenvalue weighted by molar-refractivity contribution is 8.00. The van der Waals surface area contributed by atoms with E-state index in [1.54, 1.807) is 10.6 Å². The summed E-state index contributed by atoms with van der Waals surface area (Å²) in [5.41, 5.74) is 2.22. The smallest absolute Gasteiger partial charge is 0.252 e. The van der Waals surface area contributed by atoms with Gasteiger partial charge >= 0.3 is 0 Å². The summed E-state index contributed by atoms with van der Waals surface area (Å²) in [5.74, 6) is 0.501. The second kappa shape index (κ2) is 9.49. The Labute approximate surface area is 181 Å². The van der Waals surface area contributed by atoms with Gasteiger partial charge in [-0.2, -0.15) is 0 Å². The van der Waals surface area contributed by atoms with Crippen LogP contribution < -0.4 is 5.56 Å². The SMILES string of the molecule is CCn1c(=O)cc(SCC(=O)N2CCN(Cc3ccccc3)CC2)c2ccccc21. The molecular formula is C24H27N3O2S. The second-order valence-electron chi connectivity index (χ2n) is 7.54. The predicted molar refractivity (Wildman–Crippen MR) is 123 cm³/mol. The fourth-order valence-corrected chi connectivity index (χ4v) is 4.95. The summed E-state index contributed by atoms with van der Waals surface area (Å²) in [5, 5.41) is 1.03. The Bertz CT molecular complexity index is 1070. The normalized spacial score (nSPS) is 14.9. The van der Waals surface area contributed by atoms with Gasteiger partial charge in [0, 0.05) is 55.6 Å². The molecule has 5 nitrogen and oxygen atoms in total. The van der Waals surface area contributed by atoms with Gasteiger partial charge < -0.3 is 9.47 Å². The minimum atomic E-state index is -0.0133. The maximum absolute atomic E-state index is 12.8. The van der Waals surface area contributed by atoms with Crippen LogP contribution in [0, 0.1) is 0 Å². The number of amides is 1. The van der Waals surface area contributed by atoms with Crippen molar-refractivity contribution in [2.75, 3.05) is 31.9 Å². The maximum atomic E-state index is 12.8. The van der Waals surface area contributed by atoms with Crippen LogP contribution in [0.15, 0.2) is 70.4 Å². The molecule has 1 aliphatic rings. The summed E-state index contributed by atoms with van der Waals surface area (Å²) in [6, 6.07) is 20.0. The van der Waals surface area contributed by atoms with Gasteiger partial charge in [0.25, 0.3) is 5.56 Å². The third-order valence-corrected chi connectivity index (χ3v) is 6.66. The van der Waals surface area contributed by atoms with Crippen molar-refractivity contribution in [3.8, 4) is 0 Å². The Morgan fingerprint density at radius 1 is 0.967 bits per heavy atom. The topological polar surface area (TPSA) is 45.6 Å². The van der Waals surface area contributed by atoms with E-state index in [2.05, 4.69) is 29.2 Å². The van der Waals surface area contributed by atoms with Gasteiger partial charge in [-0.15, -0.1) is 11.8 Å². The van der Waals surface area contributed by atoms with E-state index in [0.29, 0.717) is 12.3 Å². The van der Waals surface area contributed by atoms with E-state index in [1.165, 1.54) is 17.3 Å². The third-order valence-electron chi connectivity index (χ3n) is 5.62. The van der Waals surface area contributed by atoms with Crippen LogP contribution in [0.3, 0.4) is 0 Å². The van der Waals surface area contributed by atoms with Crippen LogP contribution in [-0.2, 0) is 17.9 Å². The molecule has 1 amide bonds. The van der Waals surface area contributed by atoms with Crippen molar-refractivity contribution in [2.24, 2.45) is 0 Å². The van der Waals surface area contributed by atoms with Gasteiger partial charge in [-0.05, 0) is 18.6 Å². The zero-order chi connectivity index (χ0) is 20.9. The van der Waals surface area contributed by atoms with Crippen LogP contribution >= 0.6 is 11.8 Å². The first-order valence-corrected chi connectivity index (χ1v) is 11.4. The summed E-state index contributed by atoms with van der Waals surface area (Å²) >= 11 is 1.47. The average molecular weight is 422 g/mol. The molecule has 0 radical (unpaired) electrons. The Morgan fingerprint density at radius 3 is 2.40 bits per heavy atom. The van der Waals surface area contributed by atoms with E-state index in [4.69, 9.17) is 0 Å². The Hall–Kier alpha value is -2.57. The summed E-state index contributed by atoms with van der Waals surface area (Å²) in [6.07, 6.45) is 0. The van der Waals surface area contributed by atoms with Gasteiger partial charge in [0.15, 0.2) is 0 Å². The lowest BCUT2D eigenvalue weighted by molar-refractivity contribution is -0.130. The monoisotopic (exact) mass is 421 g/mol.